The fourth-order valence-corrected chi connectivity index (χ4v) is 1.08. The molecule has 0 saturated carbocycles. The summed E-state index contributed by atoms with van der Waals surface area (Å²) in [4.78, 5) is 0. The molecule has 0 aliphatic heterocycles. The van der Waals surface area contributed by atoms with Gasteiger partial charge in [0, 0.05) is 5.56 Å². The van der Waals surface area contributed by atoms with Gasteiger partial charge in [-0.25, -0.2) is 0 Å². The number of halogens is 1. The Morgan fingerprint density at radius 1 is 1.38 bits per heavy atom. The van der Waals surface area contributed by atoms with E-state index in [0.29, 0.717) is 16.5 Å². The highest BCUT2D eigenvalue weighted by molar-refractivity contribution is 6.33. The van der Waals surface area contributed by atoms with Gasteiger partial charge in [-0.3, -0.25) is 0 Å². The van der Waals surface area contributed by atoms with E-state index in [-0.39, 0.29) is 0 Å². The second kappa shape index (κ2) is 3.02. The van der Waals surface area contributed by atoms with E-state index in [1.165, 1.54) is 0 Å². The summed E-state index contributed by atoms with van der Waals surface area (Å²) in [7, 11) is 0. The minimum Gasteiger partial charge on any atom is -0.398 e. The molecule has 1 heterocycles. The highest BCUT2D eigenvalue weighted by Gasteiger charge is 2.04. The molecule has 5 nitrogen and oxygen atoms in total. The van der Waals surface area contributed by atoms with Crippen LogP contribution in [0.1, 0.15) is 0 Å². The molecule has 2 aromatic rings. The van der Waals surface area contributed by atoms with E-state index in [1.54, 1.807) is 18.2 Å². The number of aromatic nitrogens is 4. The second-order valence-electron chi connectivity index (χ2n) is 2.47. The lowest BCUT2D eigenvalue weighted by Gasteiger charge is -1.98. The third kappa shape index (κ3) is 1.46. The molecule has 0 radical (unpaired) electrons. The Bertz CT molecular complexity index is 411. The number of nitrogens with two attached hydrogens (primary N) is 1. The average Bonchev–Trinajstić information content (AvgIpc) is 2.62. The lowest BCUT2D eigenvalue weighted by molar-refractivity contribution is 0.881. The lowest BCUT2D eigenvalue weighted by Crippen LogP contribution is -1.88. The highest BCUT2D eigenvalue weighted by atomic mass is 35.5. The second-order valence-corrected chi connectivity index (χ2v) is 2.88. The first kappa shape index (κ1) is 8.00. The van der Waals surface area contributed by atoms with Gasteiger partial charge in [-0.05, 0) is 23.4 Å². The first-order chi connectivity index (χ1) is 6.27. The van der Waals surface area contributed by atoms with Crippen LogP contribution in [0.3, 0.4) is 0 Å². The van der Waals surface area contributed by atoms with E-state index in [4.69, 9.17) is 17.3 Å². The maximum absolute atomic E-state index is 5.75. The van der Waals surface area contributed by atoms with E-state index in [1.807, 2.05) is 0 Å². The van der Waals surface area contributed by atoms with Crippen molar-refractivity contribution >= 4 is 17.3 Å². The number of H-pyrrole nitrogens is 1. The van der Waals surface area contributed by atoms with E-state index in [0.717, 1.165) is 5.56 Å². The molecule has 0 amide bonds. The van der Waals surface area contributed by atoms with Crippen molar-refractivity contribution in [2.24, 2.45) is 0 Å². The third-order valence-corrected chi connectivity index (χ3v) is 1.94. The zero-order valence-corrected chi connectivity index (χ0v) is 7.28. The Morgan fingerprint density at radius 3 is 2.85 bits per heavy atom. The molecule has 0 fully saturated rings. The lowest BCUT2D eigenvalue weighted by atomic mass is 10.2. The Kier molecular flexibility index (Phi) is 1.86. The number of benzene rings is 1. The van der Waals surface area contributed by atoms with E-state index < -0.39 is 0 Å². The number of tetrazole rings is 1. The molecular formula is C7H6ClN5. The maximum Gasteiger partial charge on any atom is 0.204 e. The van der Waals surface area contributed by atoms with Crippen LogP contribution < -0.4 is 5.73 Å². The van der Waals surface area contributed by atoms with Crippen molar-refractivity contribution < 1.29 is 0 Å². The van der Waals surface area contributed by atoms with Gasteiger partial charge in [0.1, 0.15) is 0 Å². The zero-order chi connectivity index (χ0) is 9.26. The molecule has 3 N–H and O–H groups in total. The fourth-order valence-electron chi connectivity index (χ4n) is 0.967. The van der Waals surface area contributed by atoms with Gasteiger partial charge < -0.3 is 5.73 Å². The highest BCUT2D eigenvalue weighted by Crippen LogP contribution is 2.23. The van der Waals surface area contributed by atoms with Gasteiger partial charge in [-0.2, -0.15) is 5.21 Å². The Morgan fingerprint density at radius 2 is 2.23 bits per heavy atom. The number of anilines is 1. The monoisotopic (exact) mass is 195 g/mol. The maximum atomic E-state index is 5.75. The van der Waals surface area contributed by atoms with Crippen molar-refractivity contribution in [3.63, 3.8) is 0 Å². The molecule has 2 rings (SSSR count). The summed E-state index contributed by atoms with van der Waals surface area (Å²) in [6.45, 7) is 0. The number of hydrogen-bond acceptors (Lipinski definition) is 4. The van der Waals surface area contributed by atoms with E-state index in [2.05, 4.69) is 20.6 Å². The van der Waals surface area contributed by atoms with Crippen LogP contribution in [0.25, 0.3) is 11.4 Å². The standard InChI is InChI=1S/C7H6ClN5/c8-5-2-1-4(3-6(5)9)7-10-12-13-11-7/h1-3H,9H2,(H,10,11,12,13). The molecule has 66 valence electrons. The van der Waals surface area contributed by atoms with E-state index in [9.17, 15) is 0 Å². The van der Waals surface area contributed by atoms with Gasteiger partial charge >= 0.3 is 0 Å². The summed E-state index contributed by atoms with van der Waals surface area (Å²) in [5.41, 5.74) is 6.90. The van der Waals surface area contributed by atoms with Gasteiger partial charge in [0.25, 0.3) is 0 Å². The zero-order valence-electron chi connectivity index (χ0n) is 6.53. The summed E-state index contributed by atoms with van der Waals surface area (Å²) < 4.78 is 0. The van der Waals surface area contributed by atoms with Crippen LogP contribution in [0.2, 0.25) is 5.02 Å². The molecule has 13 heavy (non-hydrogen) atoms. The van der Waals surface area contributed by atoms with Crippen LogP contribution in [0, 0.1) is 0 Å². The summed E-state index contributed by atoms with van der Waals surface area (Å²) in [5.74, 6) is 0.503. The number of rotatable bonds is 1. The van der Waals surface area contributed by atoms with Crippen molar-refractivity contribution in [2.75, 3.05) is 5.73 Å². The molecule has 1 aromatic carbocycles. The van der Waals surface area contributed by atoms with Crippen LogP contribution in [0.4, 0.5) is 5.69 Å². The SMILES string of the molecule is Nc1cc(-c2nn[nH]n2)ccc1Cl. The Balaban J connectivity index is 2.49. The smallest absolute Gasteiger partial charge is 0.204 e. The molecule has 0 saturated heterocycles. The topological polar surface area (TPSA) is 80.5 Å². The summed E-state index contributed by atoms with van der Waals surface area (Å²) in [6.07, 6.45) is 0. The molecule has 0 aliphatic rings. The van der Waals surface area contributed by atoms with Crippen molar-refractivity contribution in [2.45, 2.75) is 0 Å². The predicted molar refractivity (Wildman–Crippen MR) is 49.0 cm³/mol. The quantitative estimate of drug-likeness (QED) is 0.668. The molecule has 1 aromatic heterocycles. The number of nitrogens with zero attached hydrogens (tertiary/aromatic N) is 3. The van der Waals surface area contributed by atoms with Crippen LogP contribution in [0.5, 0.6) is 0 Å². The van der Waals surface area contributed by atoms with Crippen molar-refractivity contribution in [1.29, 1.82) is 0 Å². The number of hydrogen-bond donors (Lipinski definition) is 2. The fraction of sp³-hybridized carbons (Fsp3) is 0. The predicted octanol–water partition coefficient (Wildman–Crippen LogP) is 1.10. The molecular weight excluding hydrogens is 190 g/mol. The molecule has 0 spiro atoms. The minimum atomic E-state index is 0.503. The summed E-state index contributed by atoms with van der Waals surface area (Å²) in [5, 5.41) is 13.9. The normalized spacial score (nSPS) is 10.2. The van der Waals surface area contributed by atoms with Crippen LogP contribution in [-0.2, 0) is 0 Å². The number of nitrogens with one attached hydrogen (secondary N) is 1. The minimum absolute atomic E-state index is 0.503. The summed E-state index contributed by atoms with van der Waals surface area (Å²) in [6, 6.07) is 5.18. The first-order valence-electron chi connectivity index (χ1n) is 3.56. The van der Waals surface area contributed by atoms with Crippen molar-refractivity contribution in [3.05, 3.63) is 23.2 Å². The number of nitrogen functional groups attached to an aromatic ring is 1. The summed E-state index contributed by atoms with van der Waals surface area (Å²) >= 11 is 5.75. The molecule has 0 atom stereocenters. The van der Waals surface area contributed by atoms with Crippen LogP contribution in [0.15, 0.2) is 18.2 Å². The largest absolute Gasteiger partial charge is 0.398 e. The van der Waals surface area contributed by atoms with Gasteiger partial charge in [-0.15, -0.1) is 10.2 Å². The molecule has 6 heteroatoms. The average molecular weight is 196 g/mol. The van der Waals surface area contributed by atoms with Gasteiger partial charge in [-0.1, -0.05) is 11.6 Å². The van der Waals surface area contributed by atoms with Gasteiger partial charge in [0.15, 0.2) is 0 Å². The Labute approximate surface area is 78.9 Å². The molecule has 0 aliphatic carbocycles. The van der Waals surface area contributed by atoms with E-state index >= 15 is 0 Å². The first-order valence-corrected chi connectivity index (χ1v) is 3.94. The Hall–Kier alpha value is -1.62. The molecule has 0 bridgehead atoms. The van der Waals surface area contributed by atoms with Crippen LogP contribution >= 0.6 is 11.6 Å². The molecule has 0 unspecified atom stereocenters. The van der Waals surface area contributed by atoms with Crippen molar-refractivity contribution in [3.8, 4) is 11.4 Å². The van der Waals surface area contributed by atoms with Gasteiger partial charge in [0.05, 0.1) is 10.7 Å². The van der Waals surface area contributed by atoms with Gasteiger partial charge in [0.2, 0.25) is 5.82 Å². The van der Waals surface area contributed by atoms with Crippen LogP contribution in [-0.4, -0.2) is 20.6 Å². The van der Waals surface area contributed by atoms with Crippen molar-refractivity contribution in [1.82, 2.24) is 20.6 Å². The third-order valence-electron chi connectivity index (χ3n) is 1.60. The number of aromatic amines is 1.